The summed E-state index contributed by atoms with van der Waals surface area (Å²) in [7, 11) is 0. The minimum absolute atomic E-state index is 0.0179. The molecule has 1 atom stereocenters. The van der Waals surface area contributed by atoms with Crippen molar-refractivity contribution in [2.24, 2.45) is 0 Å². The van der Waals surface area contributed by atoms with Gasteiger partial charge in [-0.3, -0.25) is 0 Å². The van der Waals surface area contributed by atoms with Gasteiger partial charge in [-0.25, -0.2) is 0 Å². The maximum atomic E-state index is 9.69. The van der Waals surface area contributed by atoms with Gasteiger partial charge in [-0.2, -0.15) is 0 Å². The van der Waals surface area contributed by atoms with Crippen molar-refractivity contribution < 1.29 is 9.84 Å². The van der Waals surface area contributed by atoms with Crippen molar-refractivity contribution >= 4 is 44.9 Å². The molecule has 0 aromatic heterocycles. The number of phenolic OH excluding ortho intramolecular Hbond substituents is 1. The van der Waals surface area contributed by atoms with Crippen LogP contribution in [0.1, 0.15) is 17.5 Å². The van der Waals surface area contributed by atoms with Gasteiger partial charge in [0.25, 0.3) is 0 Å². The molecule has 1 aliphatic rings. The number of aromatic hydroxyl groups is 1. The molecule has 23 heavy (non-hydrogen) atoms. The Balaban J connectivity index is 2.22. The number of hydrogen-bond acceptors (Lipinski definition) is 2. The van der Waals surface area contributed by atoms with Crippen LogP contribution in [0.5, 0.6) is 11.5 Å². The third-order valence-corrected chi connectivity index (χ3v) is 14.3. The van der Waals surface area contributed by atoms with E-state index >= 15 is 0 Å². The molecule has 0 saturated heterocycles. The number of para-hydroxylation sites is 1. The van der Waals surface area contributed by atoms with Gasteiger partial charge in [0.1, 0.15) is 0 Å². The second-order valence-electron chi connectivity index (χ2n) is 5.44. The molecule has 1 unspecified atom stereocenters. The van der Waals surface area contributed by atoms with E-state index in [4.69, 9.17) is 4.74 Å². The molecule has 0 saturated carbocycles. The molecule has 0 fully saturated rings. The zero-order valence-corrected chi connectivity index (χ0v) is 18.5. The molecule has 1 N–H and O–H groups in total. The van der Waals surface area contributed by atoms with Crippen molar-refractivity contribution in [2.75, 3.05) is 0 Å². The van der Waals surface area contributed by atoms with E-state index in [1.54, 1.807) is 0 Å². The van der Waals surface area contributed by atoms with Crippen LogP contribution in [0.15, 0.2) is 48.5 Å². The Bertz CT molecular complexity index is 683. The topological polar surface area (TPSA) is 29.5 Å². The zero-order chi connectivity index (χ0) is 16.5. The van der Waals surface area contributed by atoms with Gasteiger partial charge < -0.3 is 0 Å². The van der Waals surface area contributed by atoms with Gasteiger partial charge in [0, 0.05) is 0 Å². The van der Waals surface area contributed by atoms with Crippen LogP contribution in [0.3, 0.4) is 0 Å². The van der Waals surface area contributed by atoms with E-state index in [0.717, 1.165) is 12.2 Å². The van der Waals surface area contributed by atoms with Gasteiger partial charge in [0.15, 0.2) is 0 Å². The summed E-state index contributed by atoms with van der Waals surface area (Å²) >= 11 is 1.26. The summed E-state index contributed by atoms with van der Waals surface area (Å²) < 4.78 is 6.59. The zero-order valence-electron chi connectivity index (χ0n) is 13.4. The van der Waals surface area contributed by atoms with Crippen molar-refractivity contribution in [3.8, 4) is 11.5 Å². The molecule has 1 aliphatic heterocycles. The van der Waals surface area contributed by atoms with Gasteiger partial charge in [-0.05, 0) is 0 Å². The molecule has 122 valence electrons. The van der Waals surface area contributed by atoms with Crippen molar-refractivity contribution in [1.82, 2.24) is 0 Å². The summed E-state index contributed by atoms with van der Waals surface area (Å²) in [5.41, 5.74) is 2.63. The predicted octanol–water partition coefficient (Wildman–Crippen LogP) is 3.33. The van der Waals surface area contributed by atoms with Crippen LogP contribution < -0.4 is 4.74 Å². The third-order valence-electron chi connectivity index (χ3n) is 4.36. The molecule has 2 nitrogen and oxygen atoms in total. The van der Waals surface area contributed by atoms with Crippen LogP contribution >= 0.6 is 0 Å². The molecule has 2 aromatic rings. The standard InChI is InChI=1S/C18H20O2Se3/c1-21-17(13-8-10-14(19)11-9-13)12-18(22-2,23-3)20-16-7-5-4-6-15(16)17/h4-11,19H,12H2,1-3H3. The maximum absolute atomic E-state index is 9.69. The number of rotatable bonds is 4. The Kier molecular flexibility index (Phi) is 5.18. The summed E-state index contributed by atoms with van der Waals surface area (Å²) in [6.07, 6.45) is 1.06. The van der Waals surface area contributed by atoms with Gasteiger partial charge >= 0.3 is 157 Å². The van der Waals surface area contributed by atoms with Gasteiger partial charge in [-0.1, -0.05) is 0 Å². The summed E-state index contributed by atoms with van der Waals surface area (Å²) in [4.78, 5) is 0. The fourth-order valence-electron chi connectivity index (χ4n) is 3.09. The first kappa shape index (κ1) is 17.4. The second-order valence-corrected chi connectivity index (χ2v) is 13.6. The van der Waals surface area contributed by atoms with E-state index in [1.165, 1.54) is 11.1 Å². The van der Waals surface area contributed by atoms with Gasteiger partial charge in [0.05, 0.1) is 0 Å². The van der Waals surface area contributed by atoms with E-state index < -0.39 is 0 Å². The first-order valence-corrected chi connectivity index (χ1v) is 15.0. The van der Waals surface area contributed by atoms with Crippen LogP contribution in [0, 0.1) is 0 Å². The van der Waals surface area contributed by atoms with Crippen molar-refractivity contribution in [2.45, 2.75) is 31.6 Å². The van der Waals surface area contributed by atoms with Crippen LogP contribution in [-0.2, 0) is 4.31 Å². The Hall–Kier alpha value is -0.402. The van der Waals surface area contributed by atoms with Crippen molar-refractivity contribution in [1.29, 1.82) is 0 Å². The Morgan fingerprint density at radius 3 is 2.17 bits per heavy atom. The Labute approximate surface area is 156 Å². The molecular weight excluding hydrogens is 485 g/mol. The molecule has 0 bridgehead atoms. The number of ether oxygens (including phenoxy) is 1. The van der Waals surface area contributed by atoms with E-state index in [9.17, 15) is 5.11 Å². The number of fused-ring (bicyclic) bond motifs is 1. The fourth-order valence-corrected chi connectivity index (χ4v) is 10.8. The molecule has 5 heteroatoms. The normalized spacial score (nSPS) is 22.2. The summed E-state index contributed by atoms with van der Waals surface area (Å²) in [5, 5.41) is 9.69. The summed E-state index contributed by atoms with van der Waals surface area (Å²) in [6, 6.07) is 16.4. The van der Waals surface area contributed by atoms with E-state index in [2.05, 4.69) is 53.9 Å². The second kappa shape index (κ2) is 6.84. The first-order valence-electron chi connectivity index (χ1n) is 7.32. The molecule has 0 radical (unpaired) electrons. The van der Waals surface area contributed by atoms with Crippen molar-refractivity contribution in [3.05, 3.63) is 59.7 Å². The third kappa shape index (κ3) is 3.00. The monoisotopic (exact) mass is 508 g/mol. The van der Waals surface area contributed by atoms with Gasteiger partial charge in [0.2, 0.25) is 0 Å². The Morgan fingerprint density at radius 2 is 1.57 bits per heavy atom. The number of benzene rings is 2. The Morgan fingerprint density at radius 1 is 0.913 bits per heavy atom. The first-order chi connectivity index (χ1) is 11.1. The average molecular weight is 505 g/mol. The summed E-state index contributed by atoms with van der Waals surface area (Å²) in [6.45, 7) is 0. The quantitative estimate of drug-likeness (QED) is 0.647. The molecule has 1 heterocycles. The summed E-state index contributed by atoms with van der Waals surface area (Å²) in [5.74, 6) is 8.33. The molecule has 0 spiro atoms. The molecular formula is C18H20O2Se3. The molecule has 2 aromatic carbocycles. The van der Waals surface area contributed by atoms with E-state index in [-0.39, 0.29) is 7.71 Å². The fraction of sp³-hybridized carbons (Fsp3) is 0.333. The van der Waals surface area contributed by atoms with Crippen LogP contribution in [0.4, 0.5) is 0 Å². The van der Waals surface area contributed by atoms with E-state index in [0.29, 0.717) is 50.6 Å². The number of phenols is 1. The molecule has 0 amide bonds. The SMILES string of the molecule is C[Se]C1([Se]C)CC([Se]C)(c2ccc(O)cc2)c2ccccc2O1. The van der Waals surface area contributed by atoms with Crippen molar-refractivity contribution in [3.63, 3.8) is 0 Å². The molecule has 0 aliphatic carbocycles. The van der Waals surface area contributed by atoms with Crippen LogP contribution in [0.2, 0.25) is 17.5 Å². The average Bonchev–Trinajstić information content (AvgIpc) is 2.61. The van der Waals surface area contributed by atoms with Crippen LogP contribution in [0.25, 0.3) is 0 Å². The van der Waals surface area contributed by atoms with E-state index in [1.807, 2.05) is 12.1 Å². The van der Waals surface area contributed by atoms with Crippen LogP contribution in [-0.4, -0.2) is 53.4 Å². The minimum atomic E-state index is 0.0179. The van der Waals surface area contributed by atoms with Gasteiger partial charge in [-0.15, -0.1) is 0 Å². The number of hydrogen-bond donors (Lipinski definition) is 1. The predicted molar refractivity (Wildman–Crippen MR) is 98.2 cm³/mol. The molecule has 3 rings (SSSR count).